The number of ether oxygens (including phenoxy) is 4. The summed E-state index contributed by atoms with van der Waals surface area (Å²) < 4.78 is 49.6. The number of benzene rings is 1. The van der Waals surface area contributed by atoms with Gasteiger partial charge in [0.15, 0.2) is 11.5 Å². The van der Waals surface area contributed by atoms with E-state index in [0.29, 0.717) is 64.0 Å². The highest BCUT2D eigenvalue weighted by Gasteiger charge is 2.35. The number of amides is 2. The maximum atomic E-state index is 13.3. The third kappa shape index (κ3) is 5.96. The first-order valence-corrected chi connectivity index (χ1v) is 12.8. The van der Waals surface area contributed by atoms with Crippen molar-refractivity contribution in [3.8, 4) is 11.5 Å². The van der Waals surface area contributed by atoms with Gasteiger partial charge in [-0.1, -0.05) is 0 Å². The van der Waals surface area contributed by atoms with E-state index in [1.165, 1.54) is 16.4 Å². The highest BCUT2D eigenvalue weighted by atomic mass is 32.2. The number of rotatable bonds is 7. The zero-order chi connectivity index (χ0) is 24.0. The quantitative estimate of drug-likeness (QED) is 0.443. The van der Waals surface area contributed by atoms with Gasteiger partial charge < -0.3 is 29.6 Å². The average molecular weight is 499 g/mol. The fourth-order valence-corrected chi connectivity index (χ4v) is 5.50. The van der Waals surface area contributed by atoms with Crippen molar-refractivity contribution in [3.05, 3.63) is 18.2 Å². The lowest BCUT2D eigenvalue weighted by Gasteiger charge is -2.34. The zero-order valence-electron chi connectivity index (χ0n) is 18.9. The molecule has 1 unspecified atom stereocenters. The molecule has 0 aromatic heterocycles. The van der Waals surface area contributed by atoms with Crippen LogP contribution in [0.3, 0.4) is 0 Å². The van der Waals surface area contributed by atoms with E-state index in [1.807, 2.05) is 0 Å². The van der Waals surface area contributed by atoms with E-state index in [9.17, 15) is 18.0 Å². The van der Waals surface area contributed by atoms with Crippen molar-refractivity contribution >= 4 is 21.8 Å². The molecule has 1 aromatic rings. The Hall–Kier alpha value is -2.45. The number of hydrogen-bond donors (Lipinski definition) is 2. The van der Waals surface area contributed by atoms with Crippen LogP contribution in [0.4, 0.5) is 0 Å². The summed E-state index contributed by atoms with van der Waals surface area (Å²) in [5.74, 6) is -0.759. The molecule has 13 heteroatoms. The fraction of sp³-hybridized carbons (Fsp3) is 0.619. The maximum Gasteiger partial charge on any atom is 0.309 e. The second kappa shape index (κ2) is 11.3. The molecule has 3 aliphatic heterocycles. The molecule has 12 nitrogen and oxygen atoms in total. The van der Waals surface area contributed by atoms with Gasteiger partial charge in [0.25, 0.3) is 0 Å². The van der Waals surface area contributed by atoms with Gasteiger partial charge in [0, 0.05) is 38.8 Å². The summed E-state index contributed by atoms with van der Waals surface area (Å²) in [6.07, 6.45) is -0.423. The van der Waals surface area contributed by atoms with Crippen LogP contribution in [0.1, 0.15) is 6.42 Å². The van der Waals surface area contributed by atoms with E-state index in [-0.39, 0.29) is 18.0 Å². The third-order valence-corrected chi connectivity index (χ3v) is 7.62. The Kier molecular flexibility index (Phi) is 8.21. The van der Waals surface area contributed by atoms with Crippen LogP contribution in [-0.4, -0.2) is 108 Å². The molecule has 2 N–H and O–H groups in total. The van der Waals surface area contributed by atoms with E-state index in [1.54, 1.807) is 6.07 Å². The number of nitrogens with one attached hydrogen (secondary N) is 2. The van der Waals surface area contributed by atoms with Crippen LogP contribution >= 0.6 is 0 Å². The van der Waals surface area contributed by atoms with Crippen molar-refractivity contribution in [1.82, 2.24) is 19.8 Å². The molecule has 1 atom stereocenters. The lowest BCUT2D eigenvalue weighted by molar-refractivity contribution is -0.140. The van der Waals surface area contributed by atoms with Crippen molar-refractivity contribution in [2.75, 3.05) is 72.3 Å². The third-order valence-electron chi connectivity index (χ3n) is 5.74. The number of carbonyl (C=O) groups excluding carboxylic acids is 2. The molecule has 4 rings (SSSR count). The summed E-state index contributed by atoms with van der Waals surface area (Å²) >= 11 is 0. The summed E-state index contributed by atoms with van der Waals surface area (Å²) in [6.45, 7) is 5.00. The maximum absolute atomic E-state index is 13.3. The summed E-state index contributed by atoms with van der Waals surface area (Å²) in [4.78, 5) is 26.6. The molecule has 0 spiro atoms. The smallest absolute Gasteiger partial charge is 0.309 e. The van der Waals surface area contributed by atoms with Crippen LogP contribution in [0, 0.1) is 0 Å². The summed E-state index contributed by atoms with van der Waals surface area (Å²) in [6, 6.07) is 4.44. The number of morpholine rings is 1. The average Bonchev–Trinajstić information content (AvgIpc) is 2.87. The van der Waals surface area contributed by atoms with Crippen LogP contribution in [0.15, 0.2) is 23.1 Å². The van der Waals surface area contributed by atoms with Crippen molar-refractivity contribution < 1.29 is 37.0 Å². The first-order chi connectivity index (χ1) is 16.4. The summed E-state index contributed by atoms with van der Waals surface area (Å²) in [5, 5.41) is 5.07. The first-order valence-electron chi connectivity index (χ1n) is 11.3. The van der Waals surface area contributed by atoms with Gasteiger partial charge in [0.1, 0.15) is 19.4 Å². The predicted octanol–water partition coefficient (Wildman–Crippen LogP) is -1.24. The molecule has 2 amide bonds. The zero-order valence-corrected chi connectivity index (χ0v) is 19.7. The predicted molar refractivity (Wildman–Crippen MR) is 119 cm³/mol. The second-order valence-corrected chi connectivity index (χ2v) is 9.91. The number of nitrogens with zero attached hydrogens (tertiary/aromatic N) is 2. The molecule has 1 aromatic carbocycles. The molecule has 188 valence electrons. The number of carbonyl (C=O) groups is 2. The van der Waals surface area contributed by atoms with E-state index >= 15 is 0 Å². The number of fused-ring (bicyclic) bond motifs is 1. The summed E-state index contributed by atoms with van der Waals surface area (Å²) in [7, 11) is -3.93. The monoisotopic (exact) mass is 498 g/mol. The topological polar surface area (TPSA) is 136 Å². The van der Waals surface area contributed by atoms with Gasteiger partial charge in [-0.2, -0.15) is 4.31 Å². The molecule has 0 bridgehead atoms. The molecular formula is C21H30N4O8S. The SMILES string of the molecule is O=C(NCCN1CCOCC1)C(=O)NCC1OCCCN1S(=O)(=O)c1ccc2c(c1)OCCO2. The van der Waals surface area contributed by atoms with Gasteiger partial charge >= 0.3 is 11.8 Å². The van der Waals surface area contributed by atoms with Gasteiger partial charge in [-0.15, -0.1) is 0 Å². The van der Waals surface area contributed by atoms with Crippen molar-refractivity contribution in [3.63, 3.8) is 0 Å². The van der Waals surface area contributed by atoms with Crippen molar-refractivity contribution in [2.24, 2.45) is 0 Å². The Morgan fingerprint density at radius 2 is 1.68 bits per heavy atom. The Labute approximate surface area is 198 Å². The molecule has 0 radical (unpaired) electrons. The Morgan fingerprint density at radius 3 is 2.47 bits per heavy atom. The molecule has 3 heterocycles. The minimum absolute atomic E-state index is 0.0411. The van der Waals surface area contributed by atoms with E-state index in [2.05, 4.69) is 15.5 Å². The molecule has 0 saturated carbocycles. The first kappa shape index (κ1) is 24.7. The highest BCUT2D eigenvalue weighted by molar-refractivity contribution is 7.89. The largest absolute Gasteiger partial charge is 0.486 e. The van der Waals surface area contributed by atoms with Crippen LogP contribution in [-0.2, 0) is 29.1 Å². The van der Waals surface area contributed by atoms with Gasteiger partial charge in [-0.05, 0) is 18.6 Å². The molecule has 0 aliphatic carbocycles. The van der Waals surface area contributed by atoms with Crippen LogP contribution < -0.4 is 20.1 Å². The van der Waals surface area contributed by atoms with E-state index < -0.39 is 28.1 Å². The van der Waals surface area contributed by atoms with Gasteiger partial charge in [0.2, 0.25) is 10.0 Å². The Bertz CT molecular complexity index is 983. The van der Waals surface area contributed by atoms with Crippen molar-refractivity contribution in [1.29, 1.82) is 0 Å². The molecule has 2 fully saturated rings. The molecule has 34 heavy (non-hydrogen) atoms. The standard InChI is InChI=1S/C21H30N4O8S/c26-20(22-4-6-24-7-10-30-11-8-24)21(27)23-15-19-25(5-1-9-33-19)34(28,29)16-2-3-17-18(14-16)32-13-12-31-17/h2-3,14,19H,1,4-13,15H2,(H,22,26)(H,23,27). The van der Waals surface area contributed by atoms with Gasteiger partial charge in [-0.3, -0.25) is 14.5 Å². The molecule has 2 saturated heterocycles. The molecule has 3 aliphatic rings. The lowest BCUT2D eigenvalue weighted by atomic mass is 10.3. The lowest BCUT2D eigenvalue weighted by Crippen LogP contribution is -2.53. The Morgan fingerprint density at radius 1 is 0.941 bits per heavy atom. The normalized spacial score (nSPS) is 21.6. The summed E-state index contributed by atoms with van der Waals surface area (Å²) in [5.41, 5.74) is 0. The van der Waals surface area contributed by atoms with Gasteiger partial charge in [-0.25, -0.2) is 8.42 Å². The van der Waals surface area contributed by atoms with Gasteiger partial charge in [0.05, 0.1) is 31.3 Å². The molecular weight excluding hydrogens is 468 g/mol. The minimum atomic E-state index is -3.93. The van der Waals surface area contributed by atoms with Crippen molar-refractivity contribution in [2.45, 2.75) is 17.5 Å². The number of sulfonamides is 1. The highest BCUT2D eigenvalue weighted by Crippen LogP contribution is 2.34. The van der Waals surface area contributed by atoms with E-state index in [4.69, 9.17) is 18.9 Å². The van der Waals surface area contributed by atoms with Crippen LogP contribution in [0.2, 0.25) is 0 Å². The second-order valence-electron chi connectivity index (χ2n) is 8.02. The van der Waals surface area contributed by atoms with Crippen LogP contribution in [0.5, 0.6) is 11.5 Å². The minimum Gasteiger partial charge on any atom is -0.486 e. The van der Waals surface area contributed by atoms with Crippen LogP contribution in [0.25, 0.3) is 0 Å². The Balaban J connectivity index is 1.31. The fourth-order valence-electron chi connectivity index (χ4n) is 3.91. The number of hydrogen-bond acceptors (Lipinski definition) is 9. The van der Waals surface area contributed by atoms with E-state index in [0.717, 1.165) is 13.1 Å².